The number of amides is 1. The van der Waals surface area contributed by atoms with Gasteiger partial charge >= 0.3 is 0 Å². The van der Waals surface area contributed by atoms with E-state index in [1.54, 1.807) is 6.08 Å². The third-order valence-corrected chi connectivity index (χ3v) is 3.85. The van der Waals surface area contributed by atoms with E-state index in [9.17, 15) is 4.79 Å². The van der Waals surface area contributed by atoms with Crippen LogP contribution in [-0.2, 0) is 9.63 Å². The molecule has 1 aromatic rings. The van der Waals surface area contributed by atoms with Crippen LogP contribution in [0.5, 0.6) is 0 Å². The van der Waals surface area contributed by atoms with Crippen molar-refractivity contribution >= 4 is 11.6 Å². The highest BCUT2D eigenvalue weighted by Gasteiger charge is 2.35. The summed E-state index contributed by atoms with van der Waals surface area (Å²) < 4.78 is 0. The first kappa shape index (κ1) is 13.9. The zero-order valence-electron chi connectivity index (χ0n) is 12.1. The van der Waals surface area contributed by atoms with E-state index in [4.69, 9.17) is 4.84 Å². The Labute approximate surface area is 125 Å². The summed E-state index contributed by atoms with van der Waals surface area (Å²) in [6.07, 6.45) is 4.50. The number of rotatable bonds is 6. The smallest absolute Gasteiger partial charge is 0.226 e. The molecule has 1 amide bonds. The van der Waals surface area contributed by atoms with Crippen molar-refractivity contribution in [2.75, 3.05) is 13.1 Å². The second kappa shape index (κ2) is 6.12. The van der Waals surface area contributed by atoms with Crippen molar-refractivity contribution in [2.45, 2.75) is 25.4 Å². The van der Waals surface area contributed by atoms with Gasteiger partial charge in [-0.1, -0.05) is 41.6 Å². The SMILES string of the molecule is C=CCN(C[C@@H]1CC(c2ccccc2)=NO1)C(=O)C1CC1. The lowest BCUT2D eigenvalue weighted by molar-refractivity contribution is -0.133. The third kappa shape index (κ3) is 3.32. The lowest BCUT2D eigenvalue weighted by Crippen LogP contribution is -2.38. The van der Waals surface area contributed by atoms with Crippen LogP contribution in [0.1, 0.15) is 24.8 Å². The summed E-state index contributed by atoms with van der Waals surface area (Å²) in [7, 11) is 0. The quantitative estimate of drug-likeness (QED) is 0.754. The van der Waals surface area contributed by atoms with Gasteiger partial charge in [-0.05, 0) is 18.4 Å². The van der Waals surface area contributed by atoms with Gasteiger partial charge in [-0.2, -0.15) is 0 Å². The van der Waals surface area contributed by atoms with Gasteiger partial charge < -0.3 is 9.74 Å². The van der Waals surface area contributed by atoms with Crippen molar-refractivity contribution < 1.29 is 9.63 Å². The summed E-state index contributed by atoms with van der Waals surface area (Å²) in [4.78, 5) is 19.6. The van der Waals surface area contributed by atoms with Crippen LogP contribution in [-0.4, -0.2) is 35.7 Å². The molecule has 21 heavy (non-hydrogen) atoms. The summed E-state index contributed by atoms with van der Waals surface area (Å²) in [6, 6.07) is 10.0. The Bertz CT molecular complexity index is 549. The molecule has 0 unspecified atom stereocenters. The standard InChI is InChI=1S/C17H20N2O2/c1-2-10-19(17(20)14-8-9-14)12-15-11-16(18-21-15)13-6-4-3-5-7-13/h2-7,14-15H,1,8-12H2/t15-/m0/s1. The summed E-state index contributed by atoms with van der Waals surface area (Å²) in [6.45, 7) is 4.90. The molecule has 0 bridgehead atoms. The summed E-state index contributed by atoms with van der Waals surface area (Å²) in [5.41, 5.74) is 2.04. The van der Waals surface area contributed by atoms with Gasteiger partial charge in [0, 0.05) is 18.9 Å². The minimum atomic E-state index is -0.0529. The van der Waals surface area contributed by atoms with E-state index in [0.29, 0.717) is 13.1 Å². The van der Waals surface area contributed by atoms with Gasteiger partial charge in [0.05, 0.1) is 12.3 Å². The van der Waals surface area contributed by atoms with Gasteiger partial charge in [0.1, 0.15) is 0 Å². The van der Waals surface area contributed by atoms with Crippen molar-refractivity contribution in [3.63, 3.8) is 0 Å². The molecule has 1 atom stereocenters. The zero-order chi connectivity index (χ0) is 14.7. The molecule has 0 radical (unpaired) electrons. The molecule has 4 nitrogen and oxygen atoms in total. The van der Waals surface area contributed by atoms with Crippen molar-refractivity contribution in [2.24, 2.45) is 11.1 Å². The fourth-order valence-electron chi connectivity index (χ4n) is 2.57. The molecule has 1 aliphatic carbocycles. The number of hydrogen-bond donors (Lipinski definition) is 0. The molecular weight excluding hydrogens is 264 g/mol. The first-order valence-corrected chi connectivity index (χ1v) is 7.45. The Hall–Kier alpha value is -2.10. The van der Waals surface area contributed by atoms with Gasteiger partial charge in [-0.25, -0.2) is 0 Å². The molecule has 0 aromatic heterocycles. The molecule has 0 N–H and O–H groups in total. The van der Waals surface area contributed by atoms with Crippen LogP contribution in [0.4, 0.5) is 0 Å². The van der Waals surface area contributed by atoms with E-state index < -0.39 is 0 Å². The van der Waals surface area contributed by atoms with E-state index in [-0.39, 0.29) is 17.9 Å². The van der Waals surface area contributed by atoms with Gasteiger partial charge in [0.15, 0.2) is 6.10 Å². The average Bonchev–Trinajstić information content (AvgIpc) is 3.26. The van der Waals surface area contributed by atoms with E-state index in [2.05, 4.69) is 11.7 Å². The molecule has 1 saturated carbocycles. The highest BCUT2D eigenvalue weighted by Crippen LogP contribution is 2.31. The molecule has 110 valence electrons. The monoisotopic (exact) mass is 284 g/mol. The number of benzene rings is 1. The van der Waals surface area contributed by atoms with Crippen LogP contribution in [0.15, 0.2) is 48.1 Å². The van der Waals surface area contributed by atoms with Crippen molar-refractivity contribution in [1.82, 2.24) is 4.90 Å². The molecule has 1 fully saturated rings. The topological polar surface area (TPSA) is 41.9 Å². The van der Waals surface area contributed by atoms with Gasteiger partial charge in [0.2, 0.25) is 5.91 Å². The lowest BCUT2D eigenvalue weighted by atomic mass is 10.0. The molecule has 2 aliphatic rings. The molecule has 0 saturated heterocycles. The summed E-state index contributed by atoms with van der Waals surface area (Å²) >= 11 is 0. The second-order valence-electron chi connectivity index (χ2n) is 5.64. The Morgan fingerprint density at radius 2 is 2.14 bits per heavy atom. The van der Waals surface area contributed by atoms with Crippen molar-refractivity contribution in [1.29, 1.82) is 0 Å². The predicted molar refractivity (Wildman–Crippen MR) is 82.0 cm³/mol. The fourth-order valence-corrected chi connectivity index (χ4v) is 2.57. The molecule has 1 aromatic carbocycles. The van der Waals surface area contributed by atoms with Crippen LogP contribution < -0.4 is 0 Å². The largest absolute Gasteiger partial charge is 0.390 e. The maximum atomic E-state index is 12.2. The highest BCUT2D eigenvalue weighted by atomic mass is 16.6. The van der Waals surface area contributed by atoms with E-state index in [1.165, 1.54) is 0 Å². The Morgan fingerprint density at radius 3 is 2.81 bits per heavy atom. The van der Waals surface area contributed by atoms with E-state index in [1.807, 2.05) is 35.2 Å². The molecular formula is C17H20N2O2. The van der Waals surface area contributed by atoms with Crippen LogP contribution in [0.25, 0.3) is 0 Å². The maximum Gasteiger partial charge on any atom is 0.226 e. The molecule has 1 heterocycles. The van der Waals surface area contributed by atoms with Gasteiger partial charge in [0.25, 0.3) is 0 Å². The van der Waals surface area contributed by atoms with Crippen LogP contribution >= 0.6 is 0 Å². The number of nitrogens with zero attached hydrogens (tertiary/aromatic N) is 2. The number of oxime groups is 1. The van der Waals surface area contributed by atoms with E-state index in [0.717, 1.165) is 30.5 Å². The minimum absolute atomic E-state index is 0.0529. The fraction of sp³-hybridized carbons (Fsp3) is 0.412. The van der Waals surface area contributed by atoms with Crippen molar-refractivity contribution in [3.05, 3.63) is 48.6 Å². The lowest BCUT2D eigenvalue weighted by Gasteiger charge is -2.23. The average molecular weight is 284 g/mol. The first-order chi connectivity index (χ1) is 10.3. The first-order valence-electron chi connectivity index (χ1n) is 7.45. The number of carbonyl (C=O) groups is 1. The molecule has 4 heteroatoms. The summed E-state index contributed by atoms with van der Waals surface area (Å²) in [5, 5.41) is 4.17. The van der Waals surface area contributed by atoms with Crippen LogP contribution in [0.3, 0.4) is 0 Å². The van der Waals surface area contributed by atoms with Crippen molar-refractivity contribution in [3.8, 4) is 0 Å². The molecule has 1 aliphatic heterocycles. The second-order valence-corrected chi connectivity index (χ2v) is 5.64. The van der Waals surface area contributed by atoms with Gasteiger partial charge in [-0.3, -0.25) is 4.79 Å². The number of carbonyl (C=O) groups excluding carboxylic acids is 1. The third-order valence-electron chi connectivity index (χ3n) is 3.85. The Kier molecular flexibility index (Phi) is 4.04. The minimum Gasteiger partial charge on any atom is -0.390 e. The number of hydrogen-bond acceptors (Lipinski definition) is 3. The van der Waals surface area contributed by atoms with Crippen LogP contribution in [0.2, 0.25) is 0 Å². The molecule has 3 rings (SSSR count). The zero-order valence-corrected chi connectivity index (χ0v) is 12.1. The normalized spacial score (nSPS) is 20.6. The Balaban J connectivity index is 1.59. The van der Waals surface area contributed by atoms with E-state index >= 15 is 0 Å². The predicted octanol–water partition coefficient (Wildman–Crippen LogP) is 2.60. The highest BCUT2D eigenvalue weighted by molar-refractivity contribution is 6.01. The summed E-state index contributed by atoms with van der Waals surface area (Å²) in [5.74, 6) is 0.451. The van der Waals surface area contributed by atoms with Crippen LogP contribution in [0, 0.1) is 5.92 Å². The van der Waals surface area contributed by atoms with Gasteiger partial charge in [-0.15, -0.1) is 6.58 Å². The maximum absolute atomic E-state index is 12.2. The Morgan fingerprint density at radius 1 is 1.38 bits per heavy atom. The molecule has 0 spiro atoms.